The van der Waals surface area contributed by atoms with Crippen LogP contribution in [0.25, 0.3) is 6.08 Å². The lowest BCUT2D eigenvalue weighted by Gasteiger charge is -2.26. The van der Waals surface area contributed by atoms with E-state index in [2.05, 4.69) is 15.9 Å². The number of halogens is 2. The molecule has 4 rings (SSSR count). The lowest BCUT2D eigenvalue weighted by atomic mass is 9.94. The standard InChI is InChI=1S/C29H30BrClN2O5S/c1-6-8-21-25(28(35)37-7-2)26(17-9-11-23(36-5)20(30)14-17)33-27(34)24(39-29(33)32-21)15-18-13-19(31)10-12-22(18)38-16(3)4/h9-16,26H,6-8H2,1-5H3/b24-15+/t26-/m0/s1. The molecule has 0 fully saturated rings. The van der Waals surface area contributed by atoms with Crippen molar-refractivity contribution in [2.75, 3.05) is 13.7 Å². The summed E-state index contributed by atoms with van der Waals surface area (Å²) in [4.78, 5) is 32.7. The van der Waals surface area contributed by atoms with E-state index in [1.807, 2.05) is 32.9 Å². The third-order valence-electron chi connectivity index (χ3n) is 6.00. The average Bonchev–Trinajstić information content (AvgIpc) is 3.19. The molecule has 0 unspecified atom stereocenters. The Hall–Kier alpha value is -2.88. The van der Waals surface area contributed by atoms with Crippen molar-refractivity contribution < 1.29 is 19.0 Å². The zero-order chi connectivity index (χ0) is 28.3. The Labute approximate surface area is 244 Å². The number of ether oxygens (including phenoxy) is 3. The highest BCUT2D eigenvalue weighted by molar-refractivity contribution is 9.10. The van der Waals surface area contributed by atoms with Gasteiger partial charge in [0.1, 0.15) is 11.5 Å². The highest BCUT2D eigenvalue weighted by atomic mass is 79.9. The Kier molecular flexibility index (Phi) is 9.35. The van der Waals surface area contributed by atoms with Crippen LogP contribution in [0.4, 0.5) is 0 Å². The molecule has 0 radical (unpaired) electrons. The van der Waals surface area contributed by atoms with Crippen LogP contribution >= 0.6 is 38.9 Å². The first-order valence-corrected chi connectivity index (χ1v) is 14.7. The summed E-state index contributed by atoms with van der Waals surface area (Å²) in [5.74, 6) is 0.772. The highest BCUT2D eigenvalue weighted by Gasteiger charge is 2.34. The predicted octanol–water partition coefficient (Wildman–Crippen LogP) is 5.79. The second-order valence-electron chi connectivity index (χ2n) is 9.16. The number of nitrogens with zero attached hydrogens (tertiary/aromatic N) is 2. The first-order valence-electron chi connectivity index (χ1n) is 12.7. The summed E-state index contributed by atoms with van der Waals surface area (Å²) in [5, 5.41) is 0.529. The van der Waals surface area contributed by atoms with Crippen LogP contribution in [0.2, 0.25) is 5.02 Å². The Morgan fingerprint density at radius 1 is 1.21 bits per heavy atom. The molecule has 0 saturated heterocycles. The van der Waals surface area contributed by atoms with Crippen LogP contribution in [0, 0.1) is 0 Å². The fourth-order valence-electron chi connectivity index (χ4n) is 4.42. The van der Waals surface area contributed by atoms with Gasteiger partial charge in [0.05, 0.1) is 46.1 Å². The van der Waals surface area contributed by atoms with Gasteiger partial charge in [0.2, 0.25) is 0 Å². The molecule has 2 aromatic carbocycles. The van der Waals surface area contributed by atoms with E-state index in [4.69, 9.17) is 30.8 Å². The van der Waals surface area contributed by atoms with Crippen molar-refractivity contribution in [1.82, 2.24) is 4.57 Å². The molecule has 0 amide bonds. The van der Waals surface area contributed by atoms with Crippen LogP contribution < -0.4 is 24.4 Å². The molecule has 1 aliphatic rings. The lowest BCUT2D eigenvalue weighted by Crippen LogP contribution is -2.40. The molecule has 0 spiro atoms. The molecule has 1 aromatic heterocycles. The van der Waals surface area contributed by atoms with Crippen molar-refractivity contribution in [3.05, 3.63) is 88.0 Å². The molecule has 0 saturated carbocycles. The van der Waals surface area contributed by atoms with Crippen LogP contribution in [0.1, 0.15) is 57.7 Å². The minimum Gasteiger partial charge on any atom is -0.496 e. The Balaban J connectivity index is 2.01. The highest BCUT2D eigenvalue weighted by Crippen LogP contribution is 2.36. The molecular weight excluding hydrogens is 604 g/mol. The fraction of sp³-hybridized carbons (Fsp3) is 0.345. The second-order valence-corrected chi connectivity index (χ2v) is 11.5. The number of hydrogen-bond acceptors (Lipinski definition) is 7. The molecule has 10 heteroatoms. The third-order valence-corrected chi connectivity index (χ3v) is 7.84. The summed E-state index contributed by atoms with van der Waals surface area (Å²) < 4.78 is 19.6. The third kappa shape index (κ3) is 6.15. The van der Waals surface area contributed by atoms with E-state index in [0.29, 0.717) is 53.6 Å². The van der Waals surface area contributed by atoms with Gasteiger partial charge in [-0.3, -0.25) is 9.36 Å². The van der Waals surface area contributed by atoms with Gasteiger partial charge in [0.25, 0.3) is 5.56 Å². The average molecular weight is 634 g/mol. The van der Waals surface area contributed by atoms with Gasteiger partial charge in [-0.15, -0.1) is 0 Å². The van der Waals surface area contributed by atoms with E-state index in [0.717, 1.165) is 12.0 Å². The molecule has 206 valence electrons. The smallest absolute Gasteiger partial charge is 0.338 e. The van der Waals surface area contributed by atoms with E-state index >= 15 is 0 Å². The van der Waals surface area contributed by atoms with Crippen LogP contribution in [0.3, 0.4) is 0 Å². The maximum atomic E-state index is 14.0. The SMILES string of the molecule is CCCC1=C(C(=O)OCC)[C@H](c2ccc(OC)c(Br)c2)n2c(s/c(=C/c3cc(Cl)ccc3OC(C)C)c2=O)=N1. The van der Waals surface area contributed by atoms with Gasteiger partial charge in [0, 0.05) is 10.6 Å². The maximum absolute atomic E-state index is 14.0. The number of carbonyl (C=O) groups is 1. The van der Waals surface area contributed by atoms with Crippen molar-refractivity contribution in [3.8, 4) is 11.5 Å². The summed E-state index contributed by atoms with van der Waals surface area (Å²) in [6.07, 6.45) is 3.04. The zero-order valence-electron chi connectivity index (χ0n) is 22.4. The van der Waals surface area contributed by atoms with Crippen molar-refractivity contribution in [2.24, 2.45) is 4.99 Å². The normalized spacial score (nSPS) is 15.3. The lowest BCUT2D eigenvalue weighted by molar-refractivity contribution is -0.139. The van der Waals surface area contributed by atoms with Gasteiger partial charge in [-0.25, -0.2) is 9.79 Å². The first kappa shape index (κ1) is 29.1. The van der Waals surface area contributed by atoms with Gasteiger partial charge in [-0.1, -0.05) is 42.3 Å². The molecule has 39 heavy (non-hydrogen) atoms. The minimum atomic E-state index is -0.725. The van der Waals surface area contributed by atoms with Crippen molar-refractivity contribution >= 4 is 50.9 Å². The van der Waals surface area contributed by atoms with Crippen LogP contribution in [-0.2, 0) is 9.53 Å². The largest absolute Gasteiger partial charge is 0.496 e. The summed E-state index contributed by atoms with van der Waals surface area (Å²) in [6, 6.07) is 10.1. The Morgan fingerprint density at radius 2 is 1.95 bits per heavy atom. The summed E-state index contributed by atoms with van der Waals surface area (Å²) in [6.45, 7) is 7.86. The van der Waals surface area contributed by atoms with Gasteiger partial charge >= 0.3 is 5.97 Å². The number of thiazole rings is 1. The number of benzene rings is 2. The monoisotopic (exact) mass is 632 g/mol. The quantitative estimate of drug-likeness (QED) is 0.279. The van der Waals surface area contributed by atoms with Gasteiger partial charge in [-0.2, -0.15) is 0 Å². The van der Waals surface area contributed by atoms with Crippen LogP contribution in [0.15, 0.2) is 61.9 Å². The van der Waals surface area contributed by atoms with Gasteiger partial charge < -0.3 is 14.2 Å². The number of rotatable bonds is 9. The number of esters is 1. The molecule has 7 nitrogen and oxygen atoms in total. The summed E-state index contributed by atoms with van der Waals surface area (Å²) in [7, 11) is 1.58. The number of fused-ring (bicyclic) bond motifs is 1. The summed E-state index contributed by atoms with van der Waals surface area (Å²) >= 11 is 11.1. The first-order chi connectivity index (χ1) is 18.7. The second kappa shape index (κ2) is 12.5. The molecule has 2 heterocycles. The summed E-state index contributed by atoms with van der Waals surface area (Å²) in [5.41, 5.74) is 2.12. The minimum absolute atomic E-state index is 0.0585. The predicted molar refractivity (Wildman–Crippen MR) is 158 cm³/mol. The molecule has 0 bridgehead atoms. The zero-order valence-corrected chi connectivity index (χ0v) is 25.6. The van der Waals surface area contributed by atoms with Gasteiger partial charge in [0.15, 0.2) is 4.80 Å². The molecule has 3 aromatic rings. The van der Waals surface area contributed by atoms with Crippen molar-refractivity contribution in [1.29, 1.82) is 0 Å². The van der Waals surface area contributed by atoms with Crippen molar-refractivity contribution in [2.45, 2.75) is 52.7 Å². The molecule has 0 N–H and O–H groups in total. The van der Waals surface area contributed by atoms with E-state index in [9.17, 15) is 9.59 Å². The van der Waals surface area contributed by atoms with Crippen LogP contribution in [0.5, 0.6) is 11.5 Å². The van der Waals surface area contributed by atoms with E-state index < -0.39 is 12.0 Å². The molecular formula is C29H30BrClN2O5S. The topological polar surface area (TPSA) is 79.1 Å². The van der Waals surface area contributed by atoms with Crippen LogP contribution in [-0.4, -0.2) is 30.4 Å². The molecule has 1 aliphatic heterocycles. The molecule has 0 aliphatic carbocycles. The van der Waals surface area contributed by atoms with Gasteiger partial charge in [-0.05, 0) is 85.1 Å². The van der Waals surface area contributed by atoms with E-state index in [1.54, 1.807) is 48.9 Å². The number of hydrogen-bond donors (Lipinski definition) is 0. The Morgan fingerprint density at radius 3 is 2.59 bits per heavy atom. The number of methoxy groups -OCH3 is 1. The Bertz CT molecular complexity index is 1610. The maximum Gasteiger partial charge on any atom is 0.338 e. The molecule has 1 atom stereocenters. The van der Waals surface area contributed by atoms with E-state index in [1.165, 1.54) is 11.3 Å². The van der Waals surface area contributed by atoms with Crippen molar-refractivity contribution in [3.63, 3.8) is 0 Å². The fourth-order valence-corrected chi connectivity index (χ4v) is 6.17. The number of carbonyl (C=O) groups excluding carboxylic acids is 1. The van der Waals surface area contributed by atoms with E-state index in [-0.39, 0.29) is 18.3 Å². The number of allylic oxidation sites excluding steroid dienone is 1. The number of aromatic nitrogens is 1.